The number of carbonyl (C=O) groups excluding carboxylic acids is 2. The number of amides is 2. The molecule has 0 fully saturated rings. The summed E-state index contributed by atoms with van der Waals surface area (Å²) >= 11 is 5.96. The van der Waals surface area contributed by atoms with Crippen LogP contribution in [-0.4, -0.2) is 39.6 Å². The quantitative estimate of drug-likeness (QED) is 0.632. The molecular weight excluding hydrogens is 412 g/mol. The maximum atomic E-state index is 13.1. The minimum atomic E-state index is -0.264. The van der Waals surface area contributed by atoms with E-state index in [-0.39, 0.29) is 23.4 Å². The molecule has 0 aliphatic carbocycles. The molecule has 0 saturated carbocycles. The Morgan fingerprint density at radius 3 is 2.61 bits per heavy atom. The number of aryl methyl sites for hydroxylation is 1. The molecule has 0 spiro atoms. The largest absolute Gasteiger partial charge is 0.350 e. The van der Waals surface area contributed by atoms with Gasteiger partial charge in [-0.3, -0.25) is 14.3 Å². The Labute approximate surface area is 186 Å². The fourth-order valence-corrected chi connectivity index (χ4v) is 3.87. The zero-order chi connectivity index (χ0) is 21.8. The molecule has 6 nitrogen and oxygen atoms in total. The maximum Gasteiger partial charge on any atom is 0.272 e. The molecule has 1 unspecified atom stereocenters. The molecule has 1 aliphatic heterocycles. The summed E-state index contributed by atoms with van der Waals surface area (Å²) in [7, 11) is 0. The van der Waals surface area contributed by atoms with Crippen LogP contribution in [0.5, 0.6) is 0 Å². The van der Waals surface area contributed by atoms with Crippen molar-refractivity contribution in [1.29, 1.82) is 0 Å². The summed E-state index contributed by atoms with van der Waals surface area (Å²) in [6, 6.07) is 19.1. The Bertz CT molecular complexity index is 1060. The van der Waals surface area contributed by atoms with Crippen molar-refractivity contribution in [3.05, 3.63) is 88.2 Å². The standard InChI is InChI=1S/C24H25ClN4O2/c1-17(19-6-3-2-4-7-19)15-26-23(30)21-14-22-24(31)28(12-5-13-29(22)27-21)16-18-8-10-20(25)11-9-18/h2-4,6-11,14,17H,5,12-13,15-16H2,1H3,(H,26,30). The van der Waals surface area contributed by atoms with Crippen LogP contribution >= 0.6 is 11.6 Å². The highest BCUT2D eigenvalue weighted by atomic mass is 35.5. The number of hydrogen-bond donors (Lipinski definition) is 1. The Morgan fingerprint density at radius 1 is 1.13 bits per heavy atom. The fourth-order valence-electron chi connectivity index (χ4n) is 3.74. The van der Waals surface area contributed by atoms with Gasteiger partial charge < -0.3 is 10.2 Å². The molecule has 31 heavy (non-hydrogen) atoms. The minimum Gasteiger partial charge on any atom is -0.350 e. The number of rotatable bonds is 6. The van der Waals surface area contributed by atoms with Gasteiger partial charge in [-0.2, -0.15) is 5.10 Å². The van der Waals surface area contributed by atoms with E-state index >= 15 is 0 Å². The monoisotopic (exact) mass is 436 g/mol. The molecule has 1 atom stereocenters. The number of halogens is 1. The molecule has 0 radical (unpaired) electrons. The molecule has 7 heteroatoms. The molecule has 0 saturated heterocycles. The minimum absolute atomic E-state index is 0.114. The molecule has 4 rings (SSSR count). The lowest BCUT2D eigenvalue weighted by Crippen LogP contribution is -2.30. The third-order valence-corrected chi connectivity index (χ3v) is 5.79. The molecule has 0 bridgehead atoms. The molecule has 1 aliphatic rings. The van der Waals surface area contributed by atoms with Crippen molar-refractivity contribution in [2.75, 3.05) is 13.1 Å². The Hall–Kier alpha value is -3.12. The van der Waals surface area contributed by atoms with Gasteiger partial charge in [0.1, 0.15) is 5.69 Å². The van der Waals surface area contributed by atoms with Crippen LogP contribution in [0.1, 0.15) is 51.4 Å². The normalized spacial score (nSPS) is 14.6. The van der Waals surface area contributed by atoms with Crippen molar-refractivity contribution < 1.29 is 9.59 Å². The molecular formula is C24H25ClN4O2. The van der Waals surface area contributed by atoms with Crippen LogP contribution < -0.4 is 5.32 Å². The second-order valence-corrected chi connectivity index (χ2v) is 8.30. The van der Waals surface area contributed by atoms with Gasteiger partial charge in [0.2, 0.25) is 0 Å². The third-order valence-electron chi connectivity index (χ3n) is 5.54. The van der Waals surface area contributed by atoms with Crippen LogP contribution in [0.15, 0.2) is 60.7 Å². The Balaban J connectivity index is 1.43. The second kappa shape index (κ2) is 9.35. The van der Waals surface area contributed by atoms with E-state index in [0.717, 1.165) is 17.5 Å². The zero-order valence-electron chi connectivity index (χ0n) is 17.4. The predicted molar refractivity (Wildman–Crippen MR) is 120 cm³/mol. The summed E-state index contributed by atoms with van der Waals surface area (Å²) in [4.78, 5) is 27.6. The highest BCUT2D eigenvalue weighted by Crippen LogP contribution is 2.18. The number of aromatic nitrogens is 2. The van der Waals surface area contributed by atoms with E-state index in [1.807, 2.05) is 54.6 Å². The summed E-state index contributed by atoms with van der Waals surface area (Å²) in [6.07, 6.45) is 0.778. The van der Waals surface area contributed by atoms with Gasteiger partial charge in [0.05, 0.1) is 0 Å². The van der Waals surface area contributed by atoms with Gasteiger partial charge in [0, 0.05) is 37.3 Å². The molecule has 3 aromatic rings. The van der Waals surface area contributed by atoms with E-state index in [2.05, 4.69) is 17.3 Å². The lowest BCUT2D eigenvalue weighted by Gasteiger charge is -2.20. The number of nitrogens with zero attached hydrogens (tertiary/aromatic N) is 3. The maximum absolute atomic E-state index is 13.1. The first-order valence-corrected chi connectivity index (χ1v) is 10.8. The van der Waals surface area contributed by atoms with Crippen molar-refractivity contribution in [3.8, 4) is 0 Å². The Morgan fingerprint density at radius 2 is 1.87 bits per heavy atom. The number of fused-ring (bicyclic) bond motifs is 1. The molecule has 1 aromatic heterocycles. The summed E-state index contributed by atoms with van der Waals surface area (Å²) in [5, 5.41) is 8.01. The summed E-state index contributed by atoms with van der Waals surface area (Å²) in [6.45, 7) is 4.31. The van der Waals surface area contributed by atoms with Gasteiger partial charge in [0.15, 0.2) is 5.69 Å². The molecule has 2 amide bonds. The van der Waals surface area contributed by atoms with E-state index in [9.17, 15) is 9.59 Å². The van der Waals surface area contributed by atoms with E-state index in [1.165, 1.54) is 0 Å². The van der Waals surface area contributed by atoms with Gasteiger partial charge >= 0.3 is 0 Å². The van der Waals surface area contributed by atoms with Crippen LogP contribution in [0.3, 0.4) is 0 Å². The fraction of sp³-hybridized carbons (Fsp3) is 0.292. The topological polar surface area (TPSA) is 67.2 Å². The first-order valence-electron chi connectivity index (χ1n) is 10.5. The van der Waals surface area contributed by atoms with E-state index in [0.29, 0.717) is 36.9 Å². The average molecular weight is 437 g/mol. The molecule has 2 aromatic carbocycles. The third kappa shape index (κ3) is 4.97. The molecule has 1 N–H and O–H groups in total. The number of hydrogen-bond acceptors (Lipinski definition) is 3. The summed E-state index contributed by atoms with van der Waals surface area (Å²) < 4.78 is 1.65. The van der Waals surface area contributed by atoms with Gasteiger partial charge in [-0.05, 0) is 35.6 Å². The smallest absolute Gasteiger partial charge is 0.272 e. The van der Waals surface area contributed by atoms with Gasteiger partial charge in [-0.15, -0.1) is 0 Å². The van der Waals surface area contributed by atoms with E-state index in [4.69, 9.17) is 11.6 Å². The van der Waals surface area contributed by atoms with Crippen LogP contribution in [0.2, 0.25) is 5.02 Å². The van der Waals surface area contributed by atoms with Crippen LogP contribution in [0.25, 0.3) is 0 Å². The van der Waals surface area contributed by atoms with Gasteiger partial charge in [0.25, 0.3) is 11.8 Å². The van der Waals surface area contributed by atoms with Crippen LogP contribution in [0, 0.1) is 0 Å². The molecule has 160 valence electrons. The zero-order valence-corrected chi connectivity index (χ0v) is 18.2. The highest BCUT2D eigenvalue weighted by Gasteiger charge is 2.26. The van der Waals surface area contributed by atoms with Crippen molar-refractivity contribution >= 4 is 23.4 Å². The summed E-state index contributed by atoms with van der Waals surface area (Å²) in [5.41, 5.74) is 2.90. The molecule has 2 heterocycles. The van der Waals surface area contributed by atoms with Crippen molar-refractivity contribution in [1.82, 2.24) is 20.0 Å². The van der Waals surface area contributed by atoms with Crippen molar-refractivity contribution in [3.63, 3.8) is 0 Å². The lowest BCUT2D eigenvalue weighted by atomic mass is 10.0. The van der Waals surface area contributed by atoms with E-state index < -0.39 is 0 Å². The van der Waals surface area contributed by atoms with Gasteiger partial charge in [-0.1, -0.05) is 61.0 Å². The van der Waals surface area contributed by atoms with E-state index in [1.54, 1.807) is 15.6 Å². The Kier molecular flexibility index (Phi) is 6.37. The van der Waals surface area contributed by atoms with Crippen molar-refractivity contribution in [2.24, 2.45) is 0 Å². The van der Waals surface area contributed by atoms with Crippen molar-refractivity contribution in [2.45, 2.75) is 32.4 Å². The first kappa shape index (κ1) is 21.1. The number of nitrogens with one attached hydrogen (secondary N) is 1. The predicted octanol–water partition coefficient (Wildman–Crippen LogP) is 4.12. The summed E-state index contributed by atoms with van der Waals surface area (Å²) in [5.74, 6) is -0.195. The second-order valence-electron chi connectivity index (χ2n) is 7.87. The average Bonchev–Trinajstić information content (AvgIpc) is 3.16. The highest BCUT2D eigenvalue weighted by molar-refractivity contribution is 6.30. The number of carbonyl (C=O) groups is 2. The number of benzene rings is 2. The van der Waals surface area contributed by atoms with Gasteiger partial charge in [-0.25, -0.2) is 0 Å². The lowest BCUT2D eigenvalue weighted by molar-refractivity contribution is 0.0745. The SMILES string of the molecule is CC(CNC(=O)c1cc2n(n1)CCCN(Cc1ccc(Cl)cc1)C2=O)c1ccccc1. The first-order chi connectivity index (χ1) is 15.0. The van der Waals surface area contributed by atoms with Crippen LogP contribution in [0.4, 0.5) is 0 Å². The van der Waals surface area contributed by atoms with Crippen LogP contribution in [-0.2, 0) is 13.1 Å².